The summed E-state index contributed by atoms with van der Waals surface area (Å²) in [5.41, 5.74) is -0.0882. The first-order valence-corrected chi connectivity index (χ1v) is 6.24. The van der Waals surface area contributed by atoms with Crippen molar-refractivity contribution in [2.24, 2.45) is 0 Å². The van der Waals surface area contributed by atoms with Crippen molar-refractivity contribution in [3.8, 4) is 0 Å². The van der Waals surface area contributed by atoms with Crippen molar-refractivity contribution in [3.63, 3.8) is 0 Å². The maximum absolute atomic E-state index is 13.7. The van der Waals surface area contributed by atoms with Crippen molar-refractivity contribution in [1.82, 2.24) is 4.31 Å². The largest absolute Gasteiger partial charge is 0.369 e. The van der Waals surface area contributed by atoms with Gasteiger partial charge < -0.3 is 4.74 Å². The molecule has 0 radical (unpaired) electrons. The standard InChI is InChI=1S/C11H10F3NO2S/c1-17-10-9(15(18-2)11(10)16)5-3-4-6(12)8(14)7(5)13/h3-4,9-10H,1-2H3. The van der Waals surface area contributed by atoms with Gasteiger partial charge in [0.15, 0.2) is 23.6 Å². The zero-order chi connectivity index (χ0) is 13.4. The number of β-lactam (4-membered cyclic amide) rings is 1. The molecule has 0 aromatic heterocycles. The van der Waals surface area contributed by atoms with Crippen molar-refractivity contribution in [2.45, 2.75) is 12.1 Å². The Labute approximate surface area is 106 Å². The van der Waals surface area contributed by atoms with Crippen LogP contribution >= 0.6 is 11.9 Å². The Hall–Kier alpha value is -1.21. The molecule has 0 N–H and O–H groups in total. The van der Waals surface area contributed by atoms with Gasteiger partial charge in [0.25, 0.3) is 5.91 Å². The van der Waals surface area contributed by atoms with Crippen LogP contribution in [0.25, 0.3) is 0 Å². The number of hydrogen-bond donors (Lipinski definition) is 0. The molecule has 0 bridgehead atoms. The molecule has 98 valence electrons. The fraction of sp³-hybridized carbons (Fsp3) is 0.364. The summed E-state index contributed by atoms with van der Waals surface area (Å²) in [6.07, 6.45) is 0.769. The third-order valence-electron chi connectivity index (χ3n) is 2.83. The zero-order valence-corrected chi connectivity index (χ0v) is 10.4. The van der Waals surface area contributed by atoms with Gasteiger partial charge in [0.05, 0.1) is 0 Å². The number of ether oxygens (including phenoxy) is 1. The number of nitrogens with zero attached hydrogens (tertiary/aromatic N) is 1. The molecular weight excluding hydrogens is 267 g/mol. The number of carbonyl (C=O) groups is 1. The molecule has 1 aliphatic heterocycles. The van der Waals surface area contributed by atoms with E-state index in [1.54, 1.807) is 6.26 Å². The number of methoxy groups -OCH3 is 1. The Morgan fingerprint density at radius 2 is 1.94 bits per heavy atom. The van der Waals surface area contributed by atoms with Crippen molar-refractivity contribution in [1.29, 1.82) is 0 Å². The highest BCUT2D eigenvalue weighted by atomic mass is 32.2. The molecule has 1 heterocycles. The van der Waals surface area contributed by atoms with E-state index in [0.29, 0.717) is 0 Å². The second-order valence-corrected chi connectivity index (χ2v) is 4.47. The van der Waals surface area contributed by atoms with E-state index in [9.17, 15) is 18.0 Å². The number of benzene rings is 1. The lowest BCUT2D eigenvalue weighted by Crippen LogP contribution is -2.56. The highest BCUT2D eigenvalue weighted by molar-refractivity contribution is 7.96. The smallest absolute Gasteiger partial charge is 0.264 e. The molecule has 2 rings (SSSR count). The fourth-order valence-electron chi connectivity index (χ4n) is 1.93. The quantitative estimate of drug-likeness (QED) is 0.482. The number of amides is 1. The lowest BCUT2D eigenvalue weighted by molar-refractivity contribution is -0.158. The summed E-state index contributed by atoms with van der Waals surface area (Å²) in [6, 6.07) is 1.22. The molecule has 0 spiro atoms. The molecular formula is C11H10F3NO2S. The van der Waals surface area contributed by atoms with E-state index in [1.165, 1.54) is 11.4 Å². The van der Waals surface area contributed by atoms with Gasteiger partial charge in [-0.25, -0.2) is 13.2 Å². The van der Waals surface area contributed by atoms with Crippen LogP contribution in [0.1, 0.15) is 11.6 Å². The molecule has 0 saturated carbocycles. The zero-order valence-electron chi connectivity index (χ0n) is 9.62. The van der Waals surface area contributed by atoms with Crippen LogP contribution in [0.3, 0.4) is 0 Å². The summed E-state index contributed by atoms with van der Waals surface area (Å²) < 4.78 is 45.9. The third kappa shape index (κ3) is 1.78. The monoisotopic (exact) mass is 277 g/mol. The van der Waals surface area contributed by atoms with Crippen LogP contribution in [0.2, 0.25) is 0 Å². The van der Waals surface area contributed by atoms with E-state index in [0.717, 1.165) is 24.1 Å². The average Bonchev–Trinajstić information content (AvgIpc) is 2.35. The van der Waals surface area contributed by atoms with Crippen LogP contribution in [0.4, 0.5) is 13.2 Å². The first-order chi connectivity index (χ1) is 8.52. The van der Waals surface area contributed by atoms with Crippen LogP contribution in [-0.2, 0) is 9.53 Å². The molecule has 1 aromatic rings. The summed E-state index contributed by atoms with van der Waals surface area (Å²) >= 11 is 1.08. The average molecular weight is 277 g/mol. The minimum atomic E-state index is -1.54. The second kappa shape index (κ2) is 4.81. The van der Waals surface area contributed by atoms with E-state index >= 15 is 0 Å². The maximum Gasteiger partial charge on any atom is 0.264 e. The predicted octanol–water partition coefficient (Wildman–Crippen LogP) is 2.28. The summed E-state index contributed by atoms with van der Waals surface area (Å²) in [5.74, 6) is -4.40. The van der Waals surface area contributed by atoms with Crippen LogP contribution in [-0.4, -0.2) is 29.7 Å². The van der Waals surface area contributed by atoms with Gasteiger partial charge in [-0.15, -0.1) is 0 Å². The van der Waals surface area contributed by atoms with Crippen LogP contribution in [0.5, 0.6) is 0 Å². The Bertz CT molecular complexity index is 483. The number of rotatable bonds is 3. The third-order valence-corrected chi connectivity index (χ3v) is 3.63. The van der Waals surface area contributed by atoms with E-state index in [1.807, 2.05) is 0 Å². The molecule has 18 heavy (non-hydrogen) atoms. The minimum Gasteiger partial charge on any atom is -0.369 e. The minimum absolute atomic E-state index is 0.0882. The molecule has 1 aromatic carbocycles. The Kier molecular flexibility index (Phi) is 3.54. The van der Waals surface area contributed by atoms with Gasteiger partial charge in [0.1, 0.15) is 6.04 Å². The lowest BCUT2D eigenvalue weighted by Gasteiger charge is -2.44. The van der Waals surface area contributed by atoms with Gasteiger partial charge in [0, 0.05) is 18.9 Å². The molecule has 1 aliphatic rings. The molecule has 2 atom stereocenters. The summed E-state index contributed by atoms with van der Waals surface area (Å²) in [7, 11) is 1.31. The van der Waals surface area contributed by atoms with Gasteiger partial charge in [0.2, 0.25) is 0 Å². The number of hydrogen-bond acceptors (Lipinski definition) is 3. The van der Waals surface area contributed by atoms with E-state index in [4.69, 9.17) is 4.74 Å². The topological polar surface area (TPSA) is 29.5 Å². The van der Waals surface area contributed by atoms with E-state index < -0.39 is 29.6 Å². The predicted molar refractivity (Wildman–Crippen MR) is 60.2 cm³/mol. The summed E-state index contributed by atoms with van der Waals surface area (Å²) in [5, 5.41) is 0. The summed E-state index contributed by atoms with van der Waals surface area (Å²) in [4.78, 5) is 11.6. The molecule has 2 unspecified atom stereocenters. The first-order valence-electron chi connectivity index (χ1n) is 5.06. The maximum atomic E-state index is 13.7. The molecule has 1 amide bonds. The highest BCUT2D eigenvalue weighted by Gasteiger charge is 2.50. The number of halogens is 3. The van der Waals surface area contributed by atoms with Crippen molar-refractivity contribution >= 4 is 17.9 Å². The molecule has 7 heteroatoms. The van der Waals surface area contributed by atoms with Gasteiger partial charge in [-0.05, 0) is 6.07 Å². The Balaban J connectivity index is 2.42. The Morgan fingerprint density at radius 3 is 2.50 bits per heavy atom. The van der Waals surface area contributed by atoms with Crippen LogP contribution in [0.15, 0.2) is 12.1 Å². The van der Waals surface area contributed by atoms with Gasteiger partial charge in [-0.1, -0.05) is 18.0 Å². The SMILES string of the molecule is COC1C(=O)N(SC)C1c1ccc(F)c(F)c1F. The lowest BCUT2D eigenvalue weighted by atomic mass is 9.93. The highest BCUT2D eigenvalue weighted by Crippen LogP contribution is 2.42. The first kappa shape index (κ1) is 13.2. The molecule has 0 aliphatic carbocycles. The normalized spacial score (nSPS) is 23.2. The van der Waals surface area contributed by atoms with Gasteiger partial charge >= 0.3 is 0 Å². The van der Waals surface area contributed by atoms with Crippen molar-refractivity contribution in [2.75, 3.05) is 13.4 Å². The Morgan fingerprint density at radius 1 is 1.28 bits per heavy atom. The molecule has 1 fully saturated rings. The van der Waals surface area contributed by atoms with Crippen LogP contribution in [0, 0.1) is 17.5 Å². The molecule has 3 nitrogen and oxygen atoms in total. The van der Waals surface area contributed by atoms with Crippen LogP contribution < -0.4 is 0 Å². The van der Waals surface area contributed by atoms with E-state index in [2.05, 4.69) is 0 Å². The fourth-order valence-corrected chi connectivity index (χ4v) is 2.67. The summed E-state index contributed by atoms with van der Waals surface area (Å²) in [6.45, 7) is 0. The second-order valence-electron chi connectivity index (χ2n) is 3.71. The van der Waals surface area contributed by atoms with E-state index in [-0.39, 0.29) is 11.5 Å². The van der Waals surface area contributed by atoms with Crippen molar-refractivity contribution in [3.05, 3.63) is 35.1 Å². The van der Waals surface area contributed by atoms with Crippen molar-refractivity contribution < 1.29 is 22.7 Å². The molecule has 1 saturated heterocycles. The number of carbonyl (C=O) groups excluding carboxylic acids is 1. The van der Waals surface area contributed by atoms with Gasteiger partial charge in [-0.3, -0.25) is 9.10 Å². The van der Waals surface area contributed by atoms with Gasteiger partial charge in [-0.2, -0.15) is 0 Å².